The highest BCUT2D eigenvalue weighted by Crippen LogP contribution is 2.46. The molecule has 0 saturated heterocycles. The number of nitrogens with one attached hydrogen (secondary N) is 2. The number of hydrogen-bond donors (Lipinski definition) is 2. The third kappa shape index (κ3) is 10.6. The maximum atomic E-state index is 7.23. The van der Waals surface area contributed by atoms with Crippen molar-refractivity contribution >= 4 is 66.5 Å². The molecule has 3 heterocycles. The average molecular weight is 1090 g/mol. The van der Waals surface area contributed by atoms with E-state index in [0.29, 0.717) is 11.5 Å². The fraction of sp³-hybridized carbons (Fsp3) is 0.234. The van der Waals surface area contributed by atoms with Crippen LogP contribution in [0.4, 0.5) is 22.7 Å². The molecule has 416 valence electrons. The molecular formula is C77H76N4O2. The largest absolute Gasteiger partial charge is 0.457 e. The molecule has 12 rings (SSSR count). The lowest BCUT2D eigenvalue weighted by Gasteiger charge is -2.23. The summed E-state index contributed by atoms with van der Waals surface area (Å²) in [4.78, 5) is 5.05. The number of fused-ring (bicyclic) bond motifs is 7. The molecule has 83 heavy (non-hydrogen) atoms. The first kappa shape index (κ1) is 54.7. The van der Waals surface area contributed by atoms with Gasteiger partial charge >= 0.3 is 0 Å². The summed E-state index contributed by atoms with van der Waals surface area (Å²) in [5.74, 6) is 2.82. The van der Waals surface area contributed by atoms with E-state index in [1.807, 2.05) is 18.3 Å². The van der Waals surface area contributed by atoms with Gasteiger partial charge in [-0.3, -0.25) is 4.57 Å². The lowest BCUT2D eigenvalue weighted by molar-refractivity contribution is 0.484. The predicted molar refractivity (Wildman–Crippen MR) is 352 cm³/mol. The zero-order valence-electron chi connectivity index (χ0n) is 50.4. The van der Waals surface area contributed by atoms with E-state index in [1.54, 1.807) is 0 Å². The van der Waals surface area contributed by atoms with Crippen molar-refractivity contribution in [2.24, 2.45) is 0 Å². The van der Waals surface area contributed by atoms with Crippen molar-refractivity contribution in [3.05, 3.63) is 228 Å². The van der Waals surface area contributed by atoms with E-state index in [9.17, 15) is 0 Å². The second kappa shape index (κ2) is 21.1. The van der Waals surface area contributed by atoms with Gasteiger partial charge in [-0.15, -0.1) is 0 Å². The molecule has 2 N–H and O–H groups in total. The first-order valence-corrected chi connectivity index (χ1v) is 29.5. The van der Waals surface area contributed by atoms with E-state index in [-0.39, 0.29) is 28.1 Å². The van der Waals surface area contributed by atoms with Crippen LogP contribution in [0.25, 0.3) is 82.9 Å². The second-order valence-electron chi connectivity index (χ2n) is 26.2. The van der Waals surface area contributed by atoms with E-state index >= 15 is 0 Å². The van der Waals surface area contributed by atoms with Crippen LogP contribution in [-0.2, 0) is 16.2 Å². The summed E-state index contributed by atoms with van der Waals surface area (Å²) in [6.07, 6.45) is 1.93. The lowest BCUT2D eigenvalue weighted by atomic mass is 9.85. The summed E-state index contributed by atoms with van der Waals surface area (Å²) < 4.78 is 16.2. The van der Waals surface area contributed by atoms with E-state index in [0.717, 1.165) is 100 Å². The number of furan rings is 1. The van der Waals surface area contributed by atoms with Crippen molar-refractivity contribution in [2.75, 3.05) is 10.6 Å². The SMILES string of the molecule is CC(C)c1cccc(C(C)C)c1-c1cc(Nc2ccccc2Nc2c(-c3ccc(C(C)(C)C)cc3)cccc2-c2ccc(C(C)(C)C)cc2)cc(Oc2ccc3c4c5oc6ccccc6c5ccc4n(-c4cc(C(C)(C)C)ccn4)c3c2)c1. The van der Waals surface area contributed by atoms with Crippen LogP contribution in [-0.4, -0.2) is 9.55 Å². The standard InChI is InChI=1S/C77H76N4O2/c1-47(2)58-21-18-22-59(48(3)4)71(58)51-42-55(79-65-25-15-16-26-66(65)80-73-60(49-28-32-52(33-29-49)75(5,6)7)23-19-24-61(73)50-30-34-53(35-31-50)76(8,9)10)45-57(43-51)82-56-36-37-64-68(46-56)81(70-44-54(40-41-78-70)77(11,12)13)67-39-38-63-62-20-14-17-27-69(62)83-74(63)72(64)67/h14-48,79-80H,1-13H3. The second-order valence-corrected chi connectivity index (χ2v) is 26.2. The third-order valence-electron chi connectivity index (χ3n) is 16.5. The van der Waals surface area contributed by atoms with Gasteiger partial charge in [0.1, 0.15) is 28.5 Å². The van der Waals surface area contributed by atoms with E-state index in [4.69, 9.17) is 14.1 Å². The minimum atomic E-state index is -0.0844. The quantitative estimate of drug-likeness (QED) is 0.128. The summed E-state index contributed by atoms with van der Waals surface area (Å²) in [6.45, 7) is 29.5. The smallest absolute Gasteiger partial charge is 0.145 e. The van der Waals surface area contributed by atoms with Crippen molar-refractivity contribution < 1.29 is 9.15 Å². The number of para-hydroxylation sites is 4. The van der Waals surface area contributed by atoms with Gasteiger partial charge in [0.15, 0.2) is 0 Å². The monoisotopic (exact) mass is 1090 g/mol. The van der Waals surface area contributed by atoms with Gasteiger partial charge in [-0.2, -0.15) is 0 Å². The Bertz CT molecular complexity index is 4300. The van der Waals surface area contributed by atoms with Crippen LogP contribution < -0.4 is 15.4 Å². The number of anilines is 4. The Labute approximate surface area is 490 Å². The maximum absolute atomic E-state index is 7.23. The van der Waals surface area contributed by atoms with Crippen LogP contribution in [0, 0.1) is 0 Å². The Kier molecular flexibility index (Phi) is 13.9. The summed E-state index contributed by atoms with van der Waals surface area (Å²) in [6, 6.07) is 70.2. The van der Waals surface area contributed by atoms with E-state index in [2.05, 4.69) is 287 Å². The van der Waals surface area contributed by atoms with Crippen molar-refractivity contribution in [1.82, 2.24) is 9.55 Å². The molecule has 6 heteroatoms. The van der Waals surface area contributed by atoms with Crippen LogP contribution in [0.1, 0.15) is 130 Å². The van der Waals surface area contributed by atoms with Gasteiger partial charge in [-0.05, 0) is 145 Å². The van der Waals surface area contributed by atoms with Crippen LogP contribution >= 0.6 is 0 Å². The number of aromatic nitrogens is 2. The maximum Gasteiger partial charge on any atom is 0.145 e. The van der Waals surface area contributed by atoms with Crippen LogP contribution in [0.5, 0.6) is 11.5 Å². The van der Waals surface area contributed by atoms with Crippen LogP contribution in [0.3, 0.4) is 0 Å². The Balaban J connectivity index is 1.00. The number of nitrogens with zero attached hydrogens (tertiary/aromatic N) is 2. The van der Waals surface area contributed by atoms with Gasteiger partial charge in [0.05, 0.1) is 33.5 Å². The van der Waals surface area contributed by atoms with Gasteiger partial charge in [0, 0.05) is 51.3 Å². The van der Waals surface area contributed by atoms with Crippen molar-refractivity contribution in [2.45, 2.75) is 118 Å². The topological polar surface area (TPSA) is 64.2 Å². The molecule has 6 nitrogen and oxygen atoms in total. The Morgan fingerprint density at radius 2 is 1.04 bits per heavy atom. The van der Waals surface area contributed by atoms with Crippen LogP contribution in [0.15, 0.2) is 205 Å². The van der Waals surface area contributed by atoms with Crippen molar-refractivity contribution in [1.29, 1.82) is 0 Å². The first-order chi connectivity index (χ1) is 39.7. The highest BCUT2D eigenvalue weighted by atomic mass is 16.5. The molecule has 0 aliphatic rings. The number of benzene rings is 9. The minimum Gasteiger partial charge on any atom is -0.457 e. The minimum absolute atomic E-state index is 0.0339. The predicted octanol–water partition coefficient (Wildman–Crippen LogP) is 22.5. The molecule has 9 aromatic carbocycles. The molecule has 0 bridgehead atoms. The van der Waals surface area contributed by atoms with Crippen molar-refractivity contribution in [3.8, 4) is 50.7 Å². The van der Waals surface area contributed by atoms with Gasteiger partial charge < -0.3 is 19.8 Å². The zero-order chi connectivity index (χ0) is 58.1. The molecule has 3 aromatic heterocycles. The fourth-order valence-corrected chi connectivity index (χ4v) is 11.9. The normalized spacial score (nSPS) is 12.4. The first-order valence-electron chi connectivity index (χ1n) is 29.5. The van der Waals surface area contributed by atoms with Gasteiger partial charge in [0.25, 0.3) is 0 Å². The Hall–Kier alpha value is -8.87. The van der Waals surface area contributed by atoms with E-state index in [1.165, 1.54) is 33.4 Å². The third-order valence-corrected chi connectivity index (χ3v) is 16.5. The van der Waals surface area contributed by atoms with Gasteiger partial charge in [-0.25, -0.2) is 4.98 Å². The zero-order valence-corrected chi connectivity index (χ0v) is 50.4. The molecular weight excluding hydrogens is 1010 g/mol. The number of ether oxygens (including phenoxy) is 1. The Morgan fingerprint density at radius 3 is 1.65 bits per heavy atom. The number of rotatable bonds is 12. The highest BCUT2D eigenvalue weighted by molar-refractivity contribution is 6.24. The molecule has 0 saturated carbocycles. The molecule has 0 atom stereocenters. The molecule has 0 amide bonds. The van der Waals surface area contributed by atoms with E-state index < -0.39 is 0 Å². The Morgan fingerprint density at radius 1 is 0.458 bits per heavy atom. The molecule has 0 aliphatic heterocycles. The number of pyridine rings is 1. The molecule has 12 aromatic rings. The van der Waals surface area contributed by atoms with Crippen LogP contribution in [0.2, 0.25) is 0 Å². The fourth-order valence-electron chi connectivity index (χ4n) is 11.9. The molecule has 0 spiro atoms. The summed E-state index contributed by atoms with van der Waals surface area (Å²) in [5, 5.41) is 12.3. The lowest BCUT2D eigenvalue weighted by Crippen LogP contribution is -2.12. The summed E-state index contributed by atoms with van der Waals surface area (Å²) in [7, 11) is 0. The summed E-state index contributed by atoms with van der Waals surface area (Å²) >= 11 is 0. The molecule has 0 unspecified atom stereocenters. The molecule has 0 radical (unpaired) electrons. The molecule has 0 fully saturated rings. The highest BCUT2D eigenvalue weighted by Gasteiger charge is 2.25. The van der Waals surface area contributed by atoms with Gasteiger partial charge in [-0.1, -0.05) is 205 Å². The molecule has 0 aliphatic carbocycles. The number of hydrogen-bond acceptors (Lipinski definition) is 5. The average Bonchev–Trinajstić information content (AvgIpc) is 2.29. The van der Waals surface area contributed by atoms with Gasteiger partial charge in [0.2, 0.25) is 0 Å². The summed E-state index contributed by atoms with van der Waals surface area (Å²) in [5.41, 5.74) is 20.8. The van der Waals surface area contributed by atoms with Crippen molar-refractivity contribution in [3.63, 3.8) is 0 Å².